The monoisotopic (exact) mass is 210 g/mol. The van der Waals surface area contributed by atoms with Crippen LogP contribution < -0.4 is 0 Å². The van der Waals surface area contributed by atoms with Crippen molar-refractivity contribution in [3.8, 4) is 0 Å². The van der Waals surface area contributed by atoms with Crippen molar-refractivity contribution in [2.45, 2.75) is 39.7 Å². The predicted molar refractivity (Wildman–Crippen MR) is 60.3 cm³/mol. The zero-order chi connectivity index (χ0) is 11.6. The summed E-state index contributed by atoms with van der Waals surface area (Å²) < 4.78 is 13.0. The Balaban J connectivity index is 2.94. The molecule has 0 aliphatic carbocycles. The van der Waals surface area contributed by atoms with Gasteiger partial charge in [0.05, 0.1) is 5.60 Å². The zero-order valence-corrected chi connectivity index (χ0v) is 9.84. The van der Waals surface area contributed by atoms with E-state index in [1.807, 2.05) is 20.8 Å². The zero-order valence-electron chi connectivity index (χ0n) is 9.84. The Kier molecular flexibility index (Phi) is 3.50. The first-order valence-corrected chi connectivity index (χ1v) is 5.30. The molecule has 84 valence electrons. The van der Waals surface area contributed by atoms with E-state index >= 15 is 0 Å². The van der Waals surface area contributed by atoms with Gasteiger partial charge in [0.2, 0.25) is 0 Å². The van der Waals surface area contributed by atoms with Crippen LogP contribution >= 0.6 is 0 Å². The van der Waals surface area contributed by atoms with Crippen molar-refractivity contribution in [1.82, 2.24) is 0 Å². The molecule has 15 heavy (non-hydrogen) atoms. The summed E-state index contributed by atoms with van der Waals surface area (Å²) in [6.07, 6.45) is 0.494. The smallest absolute Gasteiger partial charge is 0.123 e. The van der Waals surface area contributed by atoms with Crippen LogP contribution in [0, 0.1) is 18.7 Å². The second-order valence-electron chi connectivity index (χ2n) is 4.76. The highest BCUT2D eigenvalue weighted by Crippen LogP contribution is 2.23. The molecule has 0 spiro atoms. The Morgan fingerprint density at radius 3 is 2.53 bits per heavy atom. The maximum atomic E-state index is 13.0. The van der Waals surface area contributed by atoms with Crippen molar-refractivity contribution in [2.24, 2.45) is 5.92 Å². The van der Waals surface area contributed by atoms with Crippen molar-refractivity contribution >= 4 is 0 Å². The lowest BCUT2D eigenvalue weighted by Crippen LogP contribution is -2.33. The van der Waals surface area contributed by atoms with Gasteiger partial charge in [-0.05, 0) is 43.0 Å². The van der Waals surface area contributed by atoms with Crippen molar-refractivity contribution in [3.05, 3.63) is 35.1 Å². The number of rotatable bonds is 3. The molecule has 1 rings (SSSR count). The van der Waals surface area contributed by atoms with Crippen LogP contribution in [0.5, 0.6) is 0 Å². The van der Waals surface area contributed by atoms with Crippen molar-refractivity contribution in [3.63, 3.8) is 0 Å². The largest absolute Gasteiger partial charge is 0.390 e. The summed E-state index contributed by atoms with van der Waals surface area (Å²) in [5, 5.41) is 10.1. The topological polar surface area (TPSA) is 20.2 Å². The van der Waals surface area contributed by atoms with Crippen molar-refractivity contribution in [1.29, 1.82) is 0 Å². The molecule has 0 fully saturated rings. The number of benzene rings is 1. The van der Waals surface area contributed by atoms with Gasteiger partial charge in [-0.1, -0.05) is 19.9 Å². The maximum Gasteiger partial charge on any atom is 0.123 e. The van der Waals surface area contributed by atoms with Gasteiger partial charge in [-0.3, -0.25) is 0 Å². The van der Waals surface area contributed by atoms with Gasteiger partial charge in [0.25, 0.3) is 0 Å². The highest BCUT2D eigenvalue weighted by atomic mass is 19.1. The Hall–Kier alpha value is -0.890. The molecule has 2 heteroatoms. The van der Waals surface area contributed by atoms with Gasteiger partial charge in [0.15, 0.2) is 0 Å². The van der Waals surface area contributed by atoms with Crippen LogP contribution in [0.3, 0.4) is 0 Å². The lowest BCUT2D eigenvalue weighted by atomic mass is 9.85. The molecule has 0 heterocycles. The normalized spacial score (nSPS) is 15.4. The van der Waals surface area contributed by atoms with Gasteiger partial charge >= 0.3 is 0 Å². The SMILES string of the molecule is Cc1ccc(F)cc1CC(C)(O)C(C)C. The van der Waals surface area contributed by atoms with E-state index in [1.54, 1.807) is 13.0 Å². The standard InChI is InChI=1S/C13H19FO/c1-9(2)13(4,15)8-11-7-12(14)6-5-10(11)3/h5-7,9,15H,8H2,1-4H3. The molecular formula is C13H19FO. The molecule has 0 saturated heterocycles. The first-order valence-electron chi connectivity index (χ1n) is 5.30. The Morgan fingerprint density at radius 1 is 1.40 bits per heavy atom. The first kappa shape index (κ1) is 12.2. The molecule has 1 aromatic carbocycles. The summed E-state index contributed by atoms with van der Waals surface area (Å²) in [7, 11) is 0. The number of hydrogen-bond acceptors (Lipinski definition) is 1. The fourth-order valence-electron chi connectivity index (χ4n) is 1.42. The van der Waals surface area contributed by atoms with Gasteiger partial charge in [-0.15, -0.1) is 0 Å². The summed E-state index contributed by atoms with van der Waals surface area (Å²) >= 11 is 0. The molecule has 0 bridgehead atoms. The summed E-state index contributed by atoms with van der Waals surface area (Å²) in [5.74, 6) is -0.0877. The fourth-order valence-corrected chi connectivity index (χ4v) is 1.42. The van der Waals surface area contributed by atoms with Gasteiger partial charge in [-0.2, -0.15) is 0 Å². The number of aryl methyl sites for hydroxylation is 1. The Bertz CT molecular complexity index is 342. The van der Waals surface area contributed by atoms with Crippen LogP contribution in [-0.4, -0.2) is 10.7 Å². The lowest BCUT2D eigenvalue weighted by molar-refractivity contribution is 0.0138. The third-order valence-electron chi connectivity index (χ3n) is 3.10. The Morgan fingerprint density at radius 2 is 2.00 bits per heavy atom. The molecule has 0 aliphatic rings. The average molecular weight is 210 g/mol. The minimum Gasteiger partial charge on any atom is -0.390 e. The van der Waals surface area contributed by atoms with Crippen molar-refractivity contribution < 1.29 is 9.50 Å². The van der Waals surface area contributed by atoms with Crippen molar-refractivity contribution in [2.75, 3.05) is 0 Å². The molecular weight excluding hydrogens is 191 g/mol. The van der Waals surface area contributed by atoms with E-state index < -0.39 is 5.60 Å². The number of hydrogen-bond donors (Lipinski definition) is 1. The molecule has 0 radical (unpaired) electrons. The third kappa shape index (κ3) is 3.03. The van der Waals surface area contributed by atoms with E-state index in [-0.39, 0.29) is 11.7 Å². The van der Waals surface area contributed by atoms with E-state index in [0.29, 0.717) is 6.42 Å². The van der Waals surface area contributed by atoms with Crippen LogP contribution in [0.4, 0.5) is 4.39 Å². The van der Waals surface area contributed by atoms with E-state index in [2.05, 4.69) is 0 Å². The minimum absolute atomic E-state index is 0.153. The van der Waals surface area contributed by atoms with Crippen LogP contribution in [0.25, 0.3) is 0 Å². The summed E-state index contributed by atoms with van der Waals surface area (Å²) in [5.41, 5.74) is 1.13. The van der Waals surface area contributed by atoms with Gasteiger partial charge < -0.3 is 5.11 Å². The lowest BCUT2D eigenvalue weighted by Gasteiger charge is -2.28. The number of aliphatic hydroxyl groups is 1. The summed E-state index contributed by atoms with van der Waals surface area (Å²) in [4.78, 5) is 0. The predicted octanol–water partition coefficient (Wildman–Crippen LogP) is 3.08. The minimum atomic E-state index is -0.779. The summed E-state index contributed by atoms with van der Waals surface area (Å²) in [6.45, 7) is 7.66. The summed E-state index contributed by atoms with van der Waals surface area (Å²) in [6, 6.07) is 4.70. The van der Waals surface area contributed by atoms with Gasteiger partial charge in [-0.25, -0.2) is 4.39 Å². The Labute approximate surface area is 90.9 Å². The van der Waals surface area contributed by atoms with E-state index in [0.717, 1.165) is 11.1 Å². The molecule has 0 aromatic heterocycles. The van der Waals surface area contributed by atoms with E-state index in [9.17, 15) is 9.50 Å². The number of halogens is 1. The first-order chi connectivity index (χ1) is 6.83. The molecule has 1 N–H and O–H groups in total. The highest BCUT2D eigenvalue weighted by molar-refractivity contribution is 5.28. The second-order valence-corrected chi connectivity index (χ2v) is 4.76. The van der Waals surface area contributed by atoms with E-state index in [4.69, 9.17) is 0 Å². The molecule has 1 unspecified atom stereocenters. The average Bonchev–Trinajstić information content (AvgIpc) is 2.10. The third-order valence-corrected chi connectivity index (χ3v) is 3.10. The van der Waals surface area contributed by atoms with Gasteiger partial charge in [0, 0.05) is 6.42 Å². The molecule has 0 saturated carbocycles. The van der Waals surface area contributed by atoms with Gasteiger partial charge in [0.1, 0.15) is 5.82 Å². The highest BCUT2D eigenvalue weighted by Gasteiger charge is 2.25. The van der Waals surface area contributed by atoms with Crippen LogP contribution in [0.1, 0.15) is 31.9 Å². The quantitative estimate of drug-likeness (QED) is 0.812. The molecule has 0 aliphatic heterocycles. The van der Waals surface area contributed by atoms with Crippen LogP contribution in [-0.2, 0) is 6.42 Å². The molecule has 1 nitrogen and oxygen atoms in total. The van der Waals surface area contributed by atoms with Crippen LogP contribution in [0.15, 0.2) is 18.2 Å². The second kappa shape index (κ2) is 4.31. The van der Waals surface area contributed by atoms with Crippen LogP contribution in [0.2, 0.25) is 0 Å². The molecule has 1 aromatic rings. The van der Waals surface area contributed by atoms with E-state index in [1.165, 1.54) is 12.1 Å². The fraction of sp³-hybridized carbons (Fsp3) is 0.538. The maximum absolute atomic E-state index is 13.0. The molecule has 1 atom stereocenters. The molecule has 0 amide bonds.